The summed E-state index contributed by atoms with van der Waals surface area (Å²) in [6, 6.07) is 15.4. The van der Waals surface area contributed by atoms with Crippen molar-refractivity contribution in [2.45, 2.75) is 26.7 Å². The maximum absolute atomic E-state index is 12.2. The minimum absolute atomic E-state index is 0.0262. The average molecular weight is 309 g/mol. The Hall–Kier alpha value is -2.55. The third-order valence-electron chi connectivity index (χ3n) is 3.52. The zero-order chi connectivity index (χ0) is 16.7. The van der Waals surface area contributed by atoms with Crippen LogP contribution in [0.5, 0.6) is 5.75 Å². The van der Waals surface area contributed by atoms with Crippen molar-refractivity contribution in [2.75, 3.05) is 11.9 Å². The second-order valence-electron chi connectivity index (χ2n) is 5.55. The van der Waals surface area contributed by atoms with Crippen LogP contribution in [-0.4, -0.2) is 12.4 Å². The Bertz CT molecular complexity index is 672. The van der Waals surface area contributed by atoms with Gasteiger partial charge < -0.3 is 10.1 Å². The highest BCUT2D eigenvalue weighted by molar-refractivity contribution is 6.04. The molecule has 0 atom stereocenters. The molecule has 0 saturated carbocycles. The number of allylic oxidation sites excluding steroid dienone is 1. The van der Waals surface area contributed by atoms with E-state index in [-0.39, 0.29) is 5.78 Å². The molecule has 120 valence electrons. The number of carbonyl (C=O) groups is 1. The zero-order valence-corrected chi connectivity index (χ0v) is 13.9. The molecule has 0 aliphatic rings. The molecule has 0 bridgehead atoms. The Morgan fingerprint density at radius 3 is 2.48 bits per heavy atom. The van der Waals surface area contributed by atoms with Crippen molar-refractivity contribution in [1.82, 2.24) is 0 Å². The monoisotopic (exact) mass is 309 g/mol. The van der Waals surface area contributed by atoms with Gasteiger partial charge in [0.25, 0.3) is 0 Å². The van der Waals surface area contributed by atoms with Gasteiger partial charge in [0.2, 0.25) is 0 Å². The molecular formula is C20H23NO2. The lowest BCUT2D eigenvalue weighted by molar-refractivity contribution is 0.104. The quantitative estimate of drug-likeness (QED) is 0.576. The van der Waals surface area contributed by atoms with Crippen LogP contribution in [0, 0.1) is 0 Å². The molecule has 2 aromatic carbocycles. The van der Waals surface area contributed by atoms with Crippen molar-refractivity contribution in [3.05, 3.63) is 71.9 Å². The molecule has 0 amide bonds. The second kappa shape index (κ2) is 8.18. The van der Waals surface area contributed by atoms with Crippen LogP contribution in [0.1, 0.15) is 42.6 Å². The molecule has 1 N–H and O–H groups in total. The maximum Gasteiger partial charge on any atom is 0.187 e. The number of ketones is 1. The SMILES string of the molecule is CCOc1ccccc1NC=CC(=O)c1ccc(C(C)C)cc1. The van der Waals surface area contributed by atoms with Crippen LogP contribution in [0.2, 0.25) is 0 Å². The molecule has 3 nitrogen and oxygen atoms in total. The molecule has 0 aliphatic carbocycles. The number of benzene rings is 2. The van der Waals surface area contributed by atoms with Crippen LogP contribution in [0.25, 0.3) is 0 Å². The molecule has 23 heavy (non-hydrogen) atoms. The lowest BCUT2D eigenvalue weighted by Crippen LogP contribution is -1.99. The summed E-state index contributed by atoms with van der Waals surface area (Å²) in [5.74, 6) is 1.21. The topological polar surface area (TPSA) is 38.3 Å². The number of carbonyl (C=O) groups excluding carboxylic acids is 1. The van der Waals surface area contributed by atoms with Crippen molar-refractivity contribution in [1.29, 1.82) is 0 Å². The predicted molar refractivity (Wildman–Crippen MR) is 95.2 cm³/mol. The van der Waals surface area contributed by atoms with Crippen LogP contribution >= 0.6 is 0 Å². The molecule has 0 aliphatic heterocycles. The number of ether oxygens (including phenoxy) is 1. The summed E-state index contributed by atoms with van der Waals surface area (Å²) < 4.78 is 5.53. The molecule has 0 radical (unpaired) electrons. The second-order valence-corrected chi connectivity index (χ2v) is 5.55. The van der Waals surface area contributed by atoms with Gasteiger partial charge in [0.05, 0.1) is 12.3 Å². The van der Waals surface area contributed by atoms with Crippen LogP contribution < -0.4 is 10.1 Å². The van der Waals surface area contributed by atoms with E-state index >= 15 is 0 Å². The average Bonchev–Trinajstić information content (AvgIpc) is 2.56. The predicted octanol–water partition coefficient (Wildman–Crippen LogP) is 5.02. The zero-order valence-electron chi connectivity index (χ0n) is 13.9. The van der Waals surface area contributed by atoms with Gasteiger partial charge in [-0.2, -0.15) is 0 Å². The molecule has 0 unspecified atom stereocenters. The lowest BCUT2D eigenvalue weighted by Gasteiger charge is -2.09. The van der Waals surface area contributed by atoms with Crippen LogP contribution in [-0.2, 0) is 0 Å². The van der Waals surface area contributed by atoms with Gasteiger partial charge in [-0.1, -0.05) is 50.2 Å². The summed E-state index contributed by atoms with van der Waals surface area (Å²) in [7, 11) is 0. The largest absolute Gasteiger partial charge is 0.492 e. The Labute approximate surface area is 138 Å². The van der Waals surface area contributed by atoms with Crippen molar-refractivity contribution in [3.63, 3.8) is 0 Å². The fourth-order valence-corrected chi connectivity index (χ4v) is 2.20. The van der Waals surface area contributed by atoms with Crippen LogP contribution in [0.4, 0.5) is 5.69 Å². The fraction of sp³-hybridized carbons (Fsp3) is 0.250. The highest BCUT2D eigenvalue weighted by Crippen LogP contribution is 2.23. The first kappa shape index (κ1) is 16.8. The fourth-order valence-electron chi connectivity index (χ4n) is 2.20. The van der Waals surface area contributed by atoms with Gasteiger partial charge in [-0.25, -0.2) is 0 Å². The molecule has 2 rings (SSSR count). The first-order valence-electron chi connectivity index (χ1n) is 7.91. The maximum atomic E-state index is 12.2. The van der Waals surface area contributed by atoms with Gasteiger partial charge in [0, 0.05) is 17.8 Å². The number of rotatable bonds is 7. The third kappa shape index (κ3) is 4.71. The molecule has 0 fully saturated rings. The van der Waals surface area contributed by atoms with E-state index in [2.05, 4.69) is 19.2 Å². The highest BCUT2D eigenvalue weighted by atomic mass is 16.5. The van der Waals surface area contributed by atoms with E-state index in [4.69, 9.17) is 4.74 Å². The van der Waals surface area contributed by atoms with Crippen LogP contribution in [0.3, 0.4) is 0 Å². The minimum Gasteiger partial charge on any atom is -0.492 e. The summed E-state index contributed by atoms with van der Waals surface area (Å²) >= 11 is 0. The van der Waals surface area contributed by atoms with E-state index in [0.717, 1.165) is 11.4 Å². The van der Waals surface area contributed by atoms with Gasteiger partial charge in [0.1, 0.15) is 5.75 Å². The number of para-hydroxylation sites is 2. The molecule has 0 saturated heterocycles. The van der Waals surface area contributed by atoms with Gasteiger partial charge in [-0.3, -0.25) is 4.79 Å². The Morgan fingerprint density at radius 2 is 1.83 bits per heavy atom. The Balaban J connectivity index is 2.01. The van der Waals surface area contributed by atoms with Gasteiger partial charge in [-0.15, -0.1) is 0 Å². The van der Waals surface area contributed by atoms with E-state index in [0.29, 0.717) is 18.1 Å². The normalized spacial score (nSPS) is 11.0. The Kier molecular flexibility index (Phi) is 5.98. The van der Waals surface area contributed by atoms with E-state index in [1.807, 2.05) is 55.5 Å². The van der Waals surface area contributed by atoms with Gasteiger partial charge in [0.15, 0.2) is 5.78 Å². The van der Waals surface area contributed by atoms with E-state index in [9.17, 15) is 4.79 Å². The van der Waals surface area contributed by atoms with Crippen LogP contribution in [0.15, 0.2) is 60.8 Å². The first-order valence-corrected chi connectivity index (χ1v) is 7.91. The Morgan fingerprint density at radius 1 is 1.13 bits per heavy atom. The van der Waals surface area contributed by atoms with Gasteiger partial charge in [-0.05, 0) is 30.5 Å². The highest BCUT2D eigenvalue weighted by Gasteiger charge is 2.04. The molecule has 3 heteroatoms. The molecular weight excluding hydrogens is 286 g/mol. The van der Waals surface area contributed by atoms with E-state index in [1.165, 1.54) is 11.6 Å². The van der Waals surface area contributed by atoms with Crippen molar-refractivity contribution < 1.29 is 9.53 Å². The number of hydrogen-bond donors (Lipinski definition) is 1. The number of hydrogen-bond acceptors (Lipinski definition) is 3. The summed E-state index contributed by atoms with van der Waals surface area (Å²) in [4.78, 5) is 12.2. The summed E-state index contributed by atoms with van der Waals surface area (Å²) in [5.41, 5.74) is 2.76. The first-order chi connectivity index (χ1) is 11.1. The standard InChI is InChI=1S/C20H23NO2/c1-4-23-20-8-6-5-7-18(20)21-14-13-19(22)17-11-9-16(10-12-17)15(2)3/h5-15,21H,4H2,1-3H3. The molecule has 2 aromatic rings. The minimum atomic E-state index is -0.0262. The third-order valence-corrected chi connectivity index (χ3v) is 3.52. The van der Waals surface area contributed by atoms with Crippen molar-refractivity contribution >= 4 is 11.5 Å². The summed E-state index contributed by atoms with van der Waals surface area (Å²) in [6.45, 7) is 6.81. The van der Waals surface area contributed by atoms with Gasteiger partial charge >= 0.3 is 0 Å². The molecule has 0 heterocycles. The smallest absolute Gasteiger partial charge is 0.187 e. The molecule has 0 spiro atoms. The van der Waals surface area contributed by atoms with E-state index < -0.39 is 0 Å². The summed E-state index contributed by atoms with van der Waals surface area (Å²) in [6.07, 6.45) is 3.18. The summed E-state index contributed by atoms with van der Waals surface area (Å²) in [5, 5.41) is 3.10. The molecule has 0 aromatic heterocycles. The number of anilines is 1. The number of nitrogens with one attached hydrogen (secondary N) is 1. The lowest BCUT2D eigenvalue weighted by atomic mass is 10.0. The van der Waals surface area contributed by atoms with Crippen molar-refractivity contribution in [3.8, 4) is 5.75 Å². The van der Waals surface area contributed by atoms with Crippen molar-refractivity contribution in [2.24, 2.45) is 0 Å². The van der Waals surface area contributed by atoms with E-state index in [1.54, 1.807) is 6.20 Å².